The number of halogens is 1. The van der Waals surface area contributed by atoms with E-state index in [2.05, 4.69) is 45.5 Å². The lowest BCUT2D eigenvalue weighted by atomic mass is 10.1. The maximum Gasteiger partial charge on any atom is 0.162 e. The van der Waals surface area contributed by atoms with Gasteiger partial charge in [-0.3, -0.25) is 5.43 Å². The van der Waals surface area contributed by atoms with Crippen LogP contribution in [0.25, 0.3) is 22.3 Å². The van der Waals surface area contributed by atoms with Gasteiger partial charge in [-0.2, -0.15) is 5.10 Å². The van der Waals surface area contributed by atoms with Crippen molar-refractivity contribution in [3.63, 3.8) is 0 Å². The predicted octanol–water partition coefficient (Wildman–Crippen LogP) is 6.20. The SMILES string of the molecule is CC(=NNc1nc(-c2ccc(C)cc2)nc2ccccc12)c1ccc(Br)cc1. The van der Waals surface area contributed by atoms with E-state index >= 15 is 0 Å². The number of hydrogen-bond donors (Lipinski definition) is 1. The fourth-order valence-electron chi connectivity index (χ4n) is 2.89. The number of benzene rings is 3. The molecule has 1 aromatic heterocycles. The maximum absolute atomic E-state index is 4.74. The van der Waals surface area contributed by atoms with E-state index in [1.807, 2.05) is 67.6 Å². The molecule has 0 saturated heterocycles. The van der Waals surface area contributed by atoms with Gasteiger partial charge in [-0.1, -0.05) is 70.0 Å². The predicted molar refractivity (Wildman–Crippen MR) is 120 cm³/mol. The monoisotopic (exact) mass is 430 g/mol. The Balaban J connectivity index is 1.73. The van der Waals surface area contributed by atoms with Crippen LogP contribution in [-0.4, -0.2) is 15.7 Å². The van der Waals surface area contributed by atoms with Crippen molar-refractivity contribution in [1.82, 2.24) is 9.97 Å². The molecule has 0 unspecified atom stereocenters. The van der Waals surface area contributed by atoms with Gasteiger partial charge in [-0.15, -0.1) is 0 Å². The molecule has 138 valence electrons. The highest BCUT2D eigenvalue weighted by atomic mass is 79.9. The van der Waals surface area contributed by atoms with Crippen LogP contribution in [0.15, 0.2) is 82.4 Å². The molecular formula is C23H19BrN4. The molecule has 0 saturated carbocycles. The standard InChI is InChI=1S/C23H19BrN4/c1-15-7-9-18(10-8-15)22-25-21-6-4-3-5-20(21)23(26-22)28-27-16(2)17-11-13-19(24)14-12-17/h3-14H,1-2H3,(H,25,26,28). The van der Waals surface area contributed by atoms with E-state index in [9.17, 15) is 0 Å². The Morgan fingerprint density at radius 3 is 2.36 bits per heavy atom. The van der Waals surface area contributed by atoms with Crippen LogP contribution in [-0.2, 0) is 0 Å². The number of nitrogens with zero attached hydrogens (tertiary/aromatic N) is 3. The Morgan fingerprint density at radius 1 is 0.893 bits per heavy atom. The summed E-state index contributed by atoms with van der Waals surface area (Å²) in [5, 5.41) is 5.49. The summed E-state index contributed by atoms with van der Waals surface area (Å²) < 4.78 is 1.04. The molecule has 1 N–H and O–H groups in total. The highest BCUT2D eigenvalue weighted by Crippen LogP contribution is 2.25. The lowest BCUT2D eigenvalue weighted by Crippen LogP contribution is -2.03. The van der Waals surface area contributed by atoms with Crippen molar-refractivity contribution >= 4 is 38.4 Å². The lowest BCUT2D eigenvalue weighted by Gasteiger charge is -2.09. The van der Waals surface area contributed by atoms with Gasteiger partial charge in [0, 0.05) is 15.4 Å². The minimum Gasteiger partial charge on any atom is -0.260 e. The van der Waals surface area contributed by atoms with Crippen molar-refractivity contribution in [3.05, 3.63) is 88.4 Å². The highest BCUT2D eigenvalue weighted by molar-refractivity contribution is 9.10. The Labute approximate surface area is 172 Å². The molecule has 0 atom stereocenters. The Kier molecular flexibility index (Phi) is 5.17. The van der Waals surface area contributed by atoms with Gasteiger partial charge >= 0.3 is 0 Å². The van der Waals surface area contributed by atoms with Gasteiger partial charge < -0.3 is 0 Å². The minimum absolute atomic E-state index is 0.678. The molecular weight excluding hydrogens is 412 g/mol. The van der Waals surface area contributed by atoms with Crippen molar-refractivity contribution in [2.75, 3.05) is 5.43 Å². The van der Waals surface area contributed by atoms with Crippen molar-refractivity contribution < 1.29 is 0 Å². The molecule has 0 bridgehead atoms. The zero-order chi connectivity index (χ0) is 19.5. The zero-order valence-corrected chi connectivity index (χ0v) is 17.2. The number of aromatic nitrogens is 2. The third kappa shape index (κ3) is 3.94. The quantitative estimate of drug-likeness (QED) is 0.309. The van der Waals surface area contributed by atoms with Crippen molar-refractivity contribution in [3.8, 4) is 11.4 Å². The summed E-state index contributed by atoms with van der Waals surface area (Å²) in [6.07, 6.45) is 0. The lowest BCUT2D eigenvalue weighted by molar-refractivity contribution is 1.18. The van der Waals surface area contributed by atoms with Crippen molar-refractivity contribution in [2.45, 2.75) is 13.8 Å². The van der Waals surface area contributed by atoms with Gasteiger partial charge in [0.25, 0.3) is 0 Å². The van der Waals surface area contributed by atoms with Gasteiger partial charge in [-0.25, -0.2) is 9.97 Å². The molecule has 0 radical (unpaired) electrons. The van der Waals surface area contributed by atoms with Gasteiger partial charge in [0.1, 0.15) is 0 Å². The molecule has 4 aromatic rings. The Bertz CT molecular complexity index is 1150. The highest BCUT2D eigenvalue weighted by Gasteiger charge is 2.09. The number of anilines is 1. The van der Waals surface area contributed by atoms with Crippen molar-refractivity contribution in [1.29, 1.82) is 0 Å². The first kappa shape index (κ1) is 18.3. The number of hydrazone groups is 1. The average Bonchev–Trinajstić information content (AvgIpc) is 2.72. The molecule has 0 aliphatic carbocycles. The van der Waals surface area contributed by atoms with Crippen LogP contribution in [0, 0.1) is 6.92 Å². The second-order valence-corrected chi connectivity index (χ2v) is 7.51. The number of rotatable bonds is 4. The fraction of sp³-hybridized carbons (Fsp3) is 0.0870. The van der Waals surface area contributed by atoms with E-state index in [-0.39, 0.29) is 0 Å². The summed E-state index contributed by atoms with van der Waals surface area (Å²) in [7, 11) is 0. The molecule has 4 rings (SSSR count). The molecule has 0 fully saturated rings. The third-order valence-corrected chi connectivity index (χ3v) is 5.03. The molecule has 28 heavy (non-hydrogen) atoms. The van der Waals surface area contributed by atoms with E-state index in [0.717, 1.165) is 32.2 Å². The molecule has 0 spiro atoms. The van der Waals surface area contributed by atoms with E-state index in [1.165, 1.54) is 5.56 Å². The van der Waals surface area contributed by atoms with Crippen LogP contribution in [0.2, 0.25) is 0 Å². The number of fused-ring (bicyclic) bond motifs is 1. The van der Waals surface area contributed by atoms with E-state index in [0.29, 0.717) is 11.6 Å². The smallest absolute Gasteiger partial charge is 0.162 e. The van der Waals surface area contributed by atoms with Crippen molar-refractivity contribution in [2.24, 2.45) is 5.10 Å². The molecule has 0 amide bonds. The first-order valence-corrected chi connectivity index (χ1v) is 9.79. The maximum atomic E-state index is 4.74. The summed E-state index contributed by atoms with van der Waals surface area (Å²) in [4.78, 5) is 9.47. The van der Waals surface area contributed by atoms with Crippen LogP contribution < -0.4 is 5.43 Å². The number of aryl methyl sites for hydroxylation is 1. The molecule has 1 heterocycles. The number of nitrogens with one attached hydrogen (secondary N) is 1. The summed E-state index contributed by atoms with van der Waals surface area (Å²) in [6.45, 7) is 4.04. The van der Waals surface area contributed by atoms with Gasteiger partial charge in [0.05, 0.1) is 11.2 Å². The topological polar surface area (TPSA) is 50.2 Å². The van der Waals surface area contributed by atoms with Crippen LogP contribution in [0.3, 0.4) is 0 Å². The normalized spacial score (nSPS) is 11.6. The second-order valence-electron chi connectivity index (χ2n) is 6.59. The van der Waals surface area contributed by atoms with Gasteiger partial charge in [0.2, 0.25) is 0 Å². The number of para-hydroxylation sites is 1. The summed E-state index contributed by atoms with van der Waals surface area (Å²) in [6, 6.07) is 24.2. The summed E-state index contributed by atoms with van der Waals surface area (Å²) in [5.41, 5.74) is 8.14. The molecule has 0 aliphatic heterocycles. The van der Waals surface area contributed by atoms with E-state index < -0.39 is 0 Å². The van der Waals surface area contributed by atoms with Crippen LogP contribution in [0.5, 0.6) is 0 Å². The third-order valence-electron chi connectivity index (χ3n) is 4.50. The van der Waals surface area contributed by atoms with E-state index in [1.54, 1.807) is 0 Å². The van der Waals surface area contributed by atoms with Crippen LogP contribution >= 0.6 is 15.9 Å². The Hall–Kier alpha value is -3.05. The molecule has 4 nitrogen and oxygen atoms in total. The summed E-state index contributed by atoms with van der Waals surface area (Å²) in [5.74, 6) is 1.37. The van der Waals surface area contributed by atoms with Gasteiger partial charge in [-0.05, 0) is 43.7 Å². The first-order valence-electron chi connectivity index (χ1n) is 9.00. The number of hydrogen-bond acceptors (Lipinski definition) is 4. The average molecular weight is 431 g/mol. The Morgan fingerprint density at radius 2 is 1.61 bits per heavy atom. The van der Waals surface area contributed by atoms with Gasteiger partial charge in [0.15, 0.2) is 11.6 Å². The zero-order valence-electron chi connectivity index (χ0n) is 15.6. The second kappa shape index (κ2) is 7.90. The fourth-order valence-corrected chi connectivity index (χ4v) is 3.15. The molecule has 3 aromatic carbocycles. The molecule has 0 aliphatic rings. The summed E-state index contributed by atoms with van der Waals surface area (Å²) >= 11 is 3.46. The minimum atomic E-state index is 0.678. The first-order chi connectivity index (χ1) is 13.6. The molecule has 5 heteroatoms. The largest absolute Gasteiger partial charge is 0.260 e. The van der Waals surface area contributed by atoms with Crippen LogP contribution in [0.4, 0.5) is 5.82 Å². The van der Waals surface area contributed by atoms with Crippen LogP contribution in [0.1, 0.15) is 18.1 Å². The van der Waals surface area contributed by atoms with E-state index in [4.69, 9.17) is 9.97 Å².